The number of halogens is 1. The van der Waals surface area contributed by atoms with E-state index in [-0.39, 0.29) is 5.82 Å². The van der Waals surface area contributed by atoms with Crippen LogP contribution in [0.25, 0.3) is 11.0 Å². The number of benzene rings is 2. The molecule has 0 unspecified atom stereocenters. The van der Waals surface area contributed by atoms with Gasteiger partial charge in [-0.2, -0.15) is 0 Å². The smallest absolute Gasteiger partial charge is 0.235 e. The van der Waals surface area contributed by atoms with Crippen LogP contribution < -0.4 is 4.90 Å². The Balaban J connectivity index is 1.94. The van der Waals surface area contributed by atoms with Crippen molar-refractivity contribution >= 4 is 28.4 Å². The monoisotopic (exact) mass is 344 g/mol. The first kappa shape index (κ1) is 16.1. The molecule has 4 aromatic rings. The number of aryl methyl sites for hydroxylation is 2. The van der Waals surface area contributed by atoms with Crippen molar-refractivity contribution in [2.45, 2.75) is 13.8 Å². The molecule has 2 aromatic carbocycles. The highest BCUT2D eigenvalue weighted by Gasteiger charge is 2.17. The Labute approximate surface area is 151 Å². The summed E-state index contributed by atoms with van der Waals surface area (Å²) in [5.74, 6) is 0.167. The molecule has 2 aromatic heterocycles. The second-order valence-electron chi connectivity index (χ2n) is 6.24. The molecule has 0 radical (unpaired) electrons. The Kier molecular flexibility index (Phi) is 4.05. The molecule has 0 N–H and O–H groups in total. The molecule has 26 heavy (non-hydrogen) atoms. The number of aromatic nitrogens is 3. The van der Waals surface area contributed by atoms with Crippen molar-refractivity contribution < 1.29 is 4.39 Å². The summed E-state index contributed by atoms with van der Waals surface area (Å²) in [5, 5.41) is 0. The van der Waals surface area contributed by atoms with Crippen molar-refractivity contribution in [2.75, 3.05) is 4.90 Å². The number of hydrogen-bond donors (Lipinski definition) is 0. The van der Waals surface area contributed by atoms with E-state index in [0.717, 1.165) is 27.8 Å². The third-order valence-electron chi connectivity index (χ3n) is 4.07. The van der Waals surface area contributed by atoms with Gasteiger partial charge < -0.3 is 0 Å². The first-order chi connectivity index (χ1) is 12.6. The molecule has 0 amide bonds. The van der Waals surface area contributed by atoms with Gasteiger partial charge in [0.15, 0.2) is 0 Å². The van der Waals surface area contributed by atoms with Crippen LogP contribution in [0.4, 0.5) is 21.7 Å². The Morgan fingerprint density at radius 1 is 0.808 bits per heavy atom. The van der Waals surface area contributed by atoms with E-state index in [1.165, 1.54) is 12.1 Å². The van der Waals surface area contributed by atoms with E-state index in [1.807, 2.05) is 49.1 Å². The van der Waals surface area contributed by atoms with E-state index in [9.17, 15) is 4.39 Å². The lowest BCUT2D eigenvalue weighted by Crippen LogP contribution is -2.14. The molecule has 0 atom stereocenters. The van der Waals surface area contributed by atoms with Crippen LogP contribution in [0, 0.1) is 19.7 Å². The van der Waals surface area contributed by atoms with Gasteiger partial charge in [-0.15, -0.1) is 0 Å². The van der Waals surface area contributed by atoms with Crippen molar-refractivity contribution in [3.63, 3.8) is 0 Å². The summed E-state index contributed by atoms with van der Waals surface area (Å²) >= 11 is 0. The third-order valence-corrected chi connectivity index (χ3v) is 4.07. The zero-order valence-corrected chi connectivity index (χ0v) is 14.5. The largest absolute Gasteiger partial charge is 0.279 e. The average molecular weight is 344 g/mol. The molecule has 0 fully saturated rings. The number of nitrogens with zero attached hydrogens (tertiary/aromatic N) is 4. The van der Waals surface area contributed by atoms with Crippen molar-refractivity contribution in [3.05, 3.63) is 83.9 Å². The predicted molar refractivity (Wildman–Crippen MR) is 101 cm³/mol. The van der Waals surface area contributed by atoms with Gasteiger partial charge in [0.25, 0.3) is 0 Å². The summed E-state index contributed by atoms with van der Waals surface area (Å²) in [6.45, 7) is 4.07. The quantitative estimate of drug-likeness (QED) is 0.509. The molecule has 5 heteroatoms. The van der Waals surface area contributed by atoms with Crippen LogP contribution in [0.1, 0.15) is 11.1 Å². The maximum absolute atomic E-state index is 13.9. The Hall–Kier alpha value is -3.34. The van der Waals surface area contributed by atoms with Gasteiger partial charge in [-0.1, -0.05) is 12.1 Å². The fourth-order valence-corrected chi connectivity index (χ4v) is 3.04. The van der Waals surface area contributed by atoms with Gasteiger partial charge in [-0.05, 0) is 67.4 Å². The molecule has 2 heterocycles. The first-order valence-corrected chi connectivity index (χ1v) is 8.32. The molecule has 0 bridgehead atoms. The van der Waals surface area contributed by atoms with E-state index in [0.29, 0.717) is 11.6 Å². The van der Waals surface area contributed by atoms with Crippen molar-refractivity contribution in [1.82, 2.24) is 15.0 Å². The summed E-state index contributed by atoms with van der Waals surface area (Å²) in [6, 6.07) is 16.3. The molecule has 4 nitrogen and oxygen atoms in total. The third kappa shape index (κ3) is 3.11. The van der Waals surface area contributed by atoms with Gasteiger partial charge in [0.05, 0.1) is 17.4 Å². The highest BCUT2D eigenvalue weighted by Crippen LogP contribution is 2.34. The number of pyridine rings is 1. The maximum atomic E-state index is 13.9. The highest BCUT2D eigenvalue weighted by atomic mass is 19.1. The van der Waals surface area contributed by atoms with Crippen LogP contribution in [0.2, 0.25) is 0 Å². The van der Waals surface area contributed by atoms with Gasteiger partial charge in [-0.3, -0.25) is 9.88 Å². The van der Waals surface area contributed by atoms with Gasteiger partial charge >= 0.3 is 0 Å². The lowest BCUT2D eigenvalue weighted by Gasteiger charge is -2.24. The van der Waals surface area contributed by atoms with Crippen LogP contribution in [0.3, 0.4) is 0 Å². The molecule has 128 valence electrons. The SMILES string of the molecule is Cc1cc(C)cc(N(c2cccc(F)c2)c2ncc3ncccc3n2)c1. The number of rotatable bonds is 3. The Morgan fingerprint density at radius 3 is 2.38 bits per heavy atom. The predicted octanol–water partition coefficient (Wildman–Crippen LogP) is 5.25. The van der Waals surface area contributed by atoms with Crippen LogP contribution in [-0.4, -0.2) is 15.0 Å². The van der Waals surface area contributed by atoms with Crippen molar-refractivity contribution in [1.29, 1.82) is 0 Å². The van der Waals surface area contributed by atoms with Crippen molar-refractivity contribution in [2.24, 2.45) is 0 Å². The van der Waals surface area contributed by atoms with Crippen LogP contribution in [0.5, 0.6) is 0 Å². The Bertz CT molecular complexity index is 1070. The van der Waals surface area contributed by atoms with Gasteiger partial charge in [0.1, 0.15) is 11.3 Å². The summed E-state index contributed by atoms with van der Waals surface area (Å²) in [7, 11) is 0. The first-order valence-electron chi connectivity index (χ1n) is 8.32. The fourth-order valence-electron chi connectivity index (χ4n) is 3.04. The minimum absolute atomic E-state index is 0.306. The summed E-state index contributed by atoms with van der Waals surface area (Å²) in [4.78, 5) is 15.2. The molecule has 0 aliphatic rings. The molecule has 4 rings (SSSR count). The molecular formula is C21H17FN4. The zero-order valence-electron chi connectivity index (χ0n) is 14.5. The molecule has 0 saturated carbocycles. The van der Waals surface area contributed by atoms with Crippen LogP contribution in [0.15, 0.2) is 67.0 Å². The van der Waals surface area contributed by atoms with E-state index < -0.39 is 0 Å². The van der Waals surface area contributed by atoms with Gasteiger partial charge in [0.2, 0.25) is 5.95 Å². The summed E-state index contributed by atoms with van der Waals surface area (Å²) < 4.78 is 13.9. The lowest BCUT2D eigenvalue weighted by molar-refractivity contribution is 0.628. The minimum atomic E-state index is -0.306. The number of fused-ring (bicyclic) bond motifs is 1. The van der Waals surface area contributed by atoms with E-state index in [2.05, 4.69) is 21.0 Å². The molecule has 0 aliphatic carbocycles. The molecule has 0 saturated heterocycles. The topological polar surface area (TPSA) is 41.9 Å². The second-order valence-corrected chi connectivity index (χ2v) is 6.24. The fraction of sp³-hybridized carbons (Fsp3) is 0.0952. The number of hydrogen-bond acceptors (Lipinski definition) is 4. The van der Waals surface area contributed by atoms with E-state index in [1.54, 1.807) is 18.5 Å². The normalized spacial score (nSPS) is 10.9. The second kappa shape index (κ2) is 6.52. The van der Waals surface area contributed by atoms with E-state index >= 15 is 0 Å². The highest BCUT2D eigenvalue weighted by molar-refractivity contribution is 5.78. The summed E-state index contributed by atoms with van der Waals surface area (Å²) in [5.41, 5.74) is 5.24. The average Bonchev–Trinajstić information content (AvgIpc) is 2.61. The van der Waals surface area contributed by atoms with Crippen molar-refractivity contribution in [3.8, 4) is 0 Å². The molecule has 0 spiro atoms. The standard InChI is InChI=1S/C21H17FN4/c1-14-9-15(2)11-18(10-14)26(17-6-3-5-16(22)12-17)21-24-13-20-19(25-21)7-4-8-23-20/h3-13H,1-2H3. The van der Waals surface area contributed by atoms with Crippen LogP contribution >= 0.6 is 0 Å². The van der Waals surface area contributed by atoms with Gasteiger partial charge in [-0.25, -0.2) is 14.4 Å². The molecule has 0 aliphatic heterocycles. The van der Waals surface area contributed by atoms with E-state index in [4.69, 9.17) is 0 Å². The summed E-state index contributed by atoms with van der Waals surface area (Å²) in [6.07, 6.45) is 3.40. The Morgan fingerprint density at radius 2 is 1.62 bits per heavy atom. The van der Waals surface area contributed by atoms with Crippen LogP contribution in [-0.2, 0) is 0 Å². The zero-order chi connectivity index (χ0) is 18.1. The maximum Gasteiger partial charge on any atom is 0.235 e. The number of anilines is 3. The van der Waals surface area contributed by atoms with Gasteiger partial charge in [0, 0.05) is 11.9 Å². The minimum Gasteiger partial charge on any atom is -0.279 e. The lowest BCUT2D eigenvalue weighted by atomic mass is 10.1. The molecular weight excluding hydrogens is 327 g/mol.